The maximum atomic E-state index is 12.8. The van der Waals surface area contributed by atoms with Crippen molar-refractivity contribution >= 4 is 17.4 Å². The van der Waals surface area contributed by atoms with Crippen molar-refractivity contribution in [3.63, 3.8) is 0 Å². The molecule has 1 atom stereocenters. The molecule has 0 saturated carbocycles. The van der Waals surface area contributed by atoms with Gasteiger partial charge in [-0.15, -0.1) is 0 Å². The van der Waals surface area contributed by atoms with Crippen LogP contribution in [0.3, 0.4) is 0 Å². The standard InChI is InChI=1S/C23H26N2O5/c1-3-4-14-30-18-7-5-17(6-8-18)21(26)19-20(16-9-11-24-12-10-16)25(13-15-29-2)23(28)22(19)27/h5-12,20,26H,3-4,13-15H2,1-2H3/b21-19+/t20-/m1/s1. The second-order valence-corrected chi connectivity index (χ2v) is 6.99. The van der Waals surface area contributed by atoms with Crippen molar-refractivity contribution in [3.05, 3.63) is 65.5 Å². The van der Waals surface area contributed by atoms with Crippen LogP contribution in [0.15, 0.2) is 54.4 Å². The van der Waals surface area contributed by atoms with Gasteiger partial charge in [-0.25, -0.2) is 0 Å². The van der Waals surface area contributed by atoms with E-state index in [1.54, 1.807) is 48.8 Å². The fourth-order valence-corrected chi connectivity index (χ4v) is 3.39. The molecule has 0 aliphatic carbocycles. The molecule has 0 radical (unpaired) electrons. The number of hydrogen-bond donors (Lipinski definition) is 1. The van der Waals surface area contributed by atoms with Gasteiger partial charge in [0, 0.05) is 31.6 Å². The average molecular weight is 410 g/mol. The quantitative estimate of drug-likeness (QED) is 0.295. The largest absolute Gasteiger partial charge is 0.507 e. The predicted molar refractivity (Wildman–Crippen MR) is 112 cm³/mol. The number of nitrogens with zero attached hydrogens (tertiary/aromatic N) is 2. The second kappa shape index (κ2) is 10.0. The second-order valence-electron chi connectivity index (χ2n) is 6.99. The predicted octanol–water partition coefficient (Wildman–Crippen LogP) is 3.33. The van der Waals surface area contributed by atoms with Crippen LogP contribution in [-0.2, 0) is 14.3 Å². The molecule has 1 aliphatic heterocycles. The van der Waals surface area contributed by atoms with Crippen molar-refractivity contribution in [2.75, 3.05) is 26.9 Å². The Balaban J connectivity index is 1.98. The van der Waals surface area contributed by atoms with E-state index in [1.807, 2.05) is 0 Å². The third kappa shape index (κ3) is 4.52. The smallest absolute Gasteiger partial charge is 0.295 e. The molecule has 3 rings (SSSR count). The Kier molecular flexibility index (Phi) is 7.19. The molecule has 1 aliphatic rings. The maximum Gasteiger partial charge on any atom is 0.295 e. The number of aliphatic hydroxyl groups is 1. The van der Waals surface area contributed by atoms with Crippen molar-refractivity contribution < 1.29 is 24.2 Å². The topological polar surface area (TPSA) is 89.0 Å². The minimum atomic E-state index is -0.714. The summed E-state index contributed by atoms with van der Waals surface area (Å²) in [5, 5.41) is 11.0. The number of pyridine rings is 1. The summed E-state index contributed by atoms with van der Waals surface area (Å²) in [6.45, 7) is 3.22. The lowest BCUT2D eigenvalue weighted by atomic mass is 9.96. The lowest BCUT2D eigenvalue weighted by Gasteiger charge is -2.24. The van der Waals surface area contributed by atoms with Gasteiger partial charge >= 0.3 is 0 Å². The number of ketones is 1. The van der Waals surface area contributed by atoms with E-state index in [0.29, 0.717) is 23.5 Å². The fourth-order valence-electron chi connectivity index (χ4n) is 3.39. The van der Waals surface area contributed by atoms with Gasteiger partial charge in [-0.3, -0.25) is 14.6 Å². The van der Waals surface area contributed by atoms with Gasteiger partial charge in [0.25, 0.3) is 11.7 Å². The lowest BCUT2D eigenvalue weighted by molar-refractivity contribution is -0.140. The fraction of sp³-hybridized carbons (Fsp3) is 0.348. The molecule has 30 heavy (non-hydrogen) atoms. The average Bonchev–Trinajstić information content (AvgIpc) is 3.03. The third-order valence-electron chi connectivity index (χ3n) is 4.99. The van der Waals surface area contributed by atoms with Crippen molar-refractivity contribution in [1.82, 2.24) is 9.88 Å². The summed E-state index contributed by atoms with van der Waals surface area (Å²) in [6, 6.07) is 9.61. The molecule has 0 spiro atoms. The minimum absolute atomic E-state index is 0.0574. The number of Topliss-reactive ketones (excluding diaryl/α,β-unsaturated/α-hetero) is 1. The molecular formula is C23H26N2O5. The number of hydrogen-bond acceptors (Lipinski definition) is 6. The summed E-state index contributed by atoms with van der Waals surface area (Å²) in [4.78, 5) is 30.9. The van der Waals surface area contributed by atoms with Crippen LogP contribution < -0.4 is 4.74 Å². The van der Waals surface area contributed by atoms with Gasteiger partial charge in [0.2, 0.25) is 0 Å². The van der Waals surface area contributed by atoms with Crippen LogP contribution in [0.5, 0.6) is 5.75 Å². The molecule has 0 bridgehead atoms. The number of carbonyl (C=O) groups excluding carboxylic acids is 2. The molecule has 1 saturated heterocycles. The number of unbranched alkanes of at least 4 members (excludes halogenated alkanes) is 1. The summed E-state index contributed by atoms with van der Waals surface area (Å²) in [5.41, 5.74) is 1.20. The Morgan fingerprint density at radius 3 is 2.43 bits per heavy atom. The molecule has 1 N–H and O–H groups in total. The van der Waals surface area contributed by atoms with Gasteiger partial charge in [-0.2, -0.15) is 0 Å². The van der Waals surface area contributed by atoms with Crippen LogP contribution in [0.4, 0.5) is 0 Å². The van der Waals surface area contributed by atoms with E-state index in [0.717, 1.165) is 12.8 Å². The molecule has 7 nitrogen and oxygen atoms in total. The van der Waals surface area contributed by atoms with Crippen molar-refractivity contribution in [3.8, 4) is 5.75 Å². The molecule has 0 unspecified atom stereocenters. The zero-order valence-electron chi connectivity index (χ0n) is 17.2. The number of aliphatic hydroxyl groups excluding tert-OH is 1. The van der Waals surface area contributed by atoms with Gasteiger partial charge in [0.05, 0.1) is 24.8 Å². The summed E-state index contributed by atoms with van der Waals surface area (Å²) in [6.07, 6.45) is 5.18. The highest BCUT2D eigenvalue weighted by atomic mass is 16.5. The van der Waals surface area contributed by atoms with E-state index < -0.39 is 17.7 Å². The Bertz CT molecular complexity index is 909. The van der Waals surface area contributed by atoms with E-state index in [1.165, 1.54) is 12.0 Å². The molecule has 1 aromatic heterocycles. The first-order valence-electron chi connectivity index (χ1n) is 9.99. The van der Waals surface area contributed by atoms with Crippen LogP contribution in [0, 0.1) is 0 Å². The Morgan fingerprint density at radius 2 is 1.80 bits per heavy atom. The molecule has 2 aromatic rings. The van der Waals surface area contributed by atoms with E-state index in [-0.39, 0.29) is 24.5 Å². The number of aromatic nitrogens is 1. The van der Waals surface area contributed by atoms with Gasteiger partial charge in [-0.1, -0.05) is 13.3 Å². The normalized spacial score (nSPS) is 18.1. The van der Waals surface area contributed by atoms with Gasteiger partial charge in [0.15, 0.2) is 0 Å². The molecule has 1 amide bonds. The van der Waals surface area contributed by atoms with Gasteiger partial charge in [-0.05, 0) is 48.4 Å². The Morgan fingerprint density at radius 1 is 1.10 bits per heavy atom. The molecular weight excluding hydrogens is 384 g/mol. The number of rotatable bonds is 9. The summed E-state index contributed by atoms with van der Waals surface area (Å²) < 4.78 is 10.7. The first kappa shape index (κ1) is 21.5. The number of carbonyl (C=O) groups is 2. The maximum absolute atomic E-state index is 12.8. The lowest BCUT2D eigenvalue weighted by Crippen LogP contribution is -2.32. The molecule has 158 valence electrons. The van der Waals surface area contributed by atoms with Crippen LogP contribution in [0.1, 0.15) is 36.9 Å². The molecule has 1 fully saturated rings. The summed E-state index contributed by atoms with van der Waals surface area (Å²) in [5.74, 6) is -0.898. The Labute approximate surface area is 175 Å². The third-order valence-corrected chi connectivity index (χ3v) is 4.99. The van der Waals surface area contributed by atoms with Crippen LogP contribution in [-0.4, -0.2) is 53.5 Å². The highest BCUT2D eigenvalue weighted by molar-refractivity contribution is 6.46. The highest BCUT2D eigenvalue weighted by Gasteiger charge is 2.45. The van der Waals surface area contributed by atoms with E-state index in [9.17, 15) is 14.7 Å². The van der Waals surface area contributed by atoms with E-state index in [2.05, 4.69) is 11.9 Å². The molecule has 2 heterocycles. The van der Waals surface area contributed by atoms with E-state index >= 15 is 0 Å². The summed E-state index contributed by atoms with van der Waals surface area (Å²) in [7, 11) is 1.53. The number of amides is 1. The van der Waals surface area contributed by atoms with Crippen LogP contribution in [0.25, 0.3) is 5.76 Å². The number of ether oxygens (including phenoxy) is 2. The SMILES string of the molecule is CCCCOc1ccc(/C(O)=C2\C(=O)C(=O)N(CCOC)[C@@H]2c2ccncc2)cc1. The number of benzene rings is 1. The monoisotopic (exact) mass is 410 g/mol. The van der Waals surface area contributed by atoms with E-state index in [4.69, 9.17) is 9.47 Å². The van der Waals surface area contributed by atoms with Gasteiger partial charge < -0.3 is 19.5 Å². The van der Waals surface area contributed by atoms with Gasteiger partial charge in [0.1, 0.15) is 11.5 Å². The zero-order chi connectivity index (χ0) is 21.5. The van der Waals surface area contributed by atoms with Crippen LogP contribution >= 0.6 is 0 Å². The molecule has 7 heteroatoms. The highest BCUT2D eigenvalue weighted by Crippen LogP contribution is 2.39. The molecule has 1 aromatic carbocycles. The zero-order valence-corrected chi connectivity index (χ0v) is 17.2. The van der Waals surface area contributed by atoms with Crippen molar-refractivity contribution in [2.45, 2.75) is 25.8 Å². The number of methoxy groups -OCH3 is 1. The van der Waals surface area contributed by atoms with Crippen molar-refractivity contribution in [1.29, 1.82) is 0 Å². The first-order chi connectivity index (χ1) is 14.6. The summed E-state index contributed by atoms with van der Waals surface area (Å²) >= 11 is 0. The van der Waals surface area contributed by atoms with Crippen molar-refractivity contribution in [2.24, 2.45) is 0 Å². The number of likely N-dealkylation sites (tertiary alicyclic amines) is 1. The first-order valence-corrected chi connectivity index (χ1v) is 9.99. The van der Waals surface area contributed by atoms with Crippen LogP contribution in [0.2, 0.25) is 0 Å². The minimum Gasteiger partial charge on any atom is -0.507 e. The Hall–Kier alpha value is -3.19.